The molecule has 0 aromatic heterocycles. The van der Waals surface area contributed by atoms with E-state index >= 15 is 0 Å². The summed E-state index contributed by atoms with van der Waals surface area (Å²) in [4.78, 5) is 10.9. The number of carbonyl (C=O) groups is 1. The van der Waals surface area contributed by atoms with Gasteiger partial charge >= 0.3 is 0 Å². The SMILES string of the molecule is NNC(=O)c1cc(O)cc(O)c1. The summed E-state index contributed by atoms with van der Waals surface area (Å²) in [6.07, 6.45) is 0. The second kappa shape index (κ2) is 3.10. The molecule has 0 heterocycles. The number of hydrazine groups is 1. The molecule has 1 aromatic carbocycles. The highest BCUT2D eigenvalue weighted by Crippen LogP contribution is 2.19. The highest BCUT2D eigenvalue weighted by atomic mass is 16.3. The van der Waals surface area contributed by atoms with Crippen LogP contribution in [0.2, 0.25) is 0 Å². The molecular weight excluding hydrogens is 160 g/mol. The smallest absolute Gasteiger partial charge is 0.265 e. The Balaban J connectivity index is 3.08. The minimum absolute atomic E-state index is 0.106. The van der Waals surface area contributed by atoms with Crippen molar-refractivity contribution in [2.24, 2.45) is 5.84 Å². The average Bonchev–Trinajstić information content (AvgIpc) is 2.01. The number of hydrogen-bond donors (Lipinski definition) is 4. The van der Waals surface area contributed by atoms with E-state index in [0.717, 1.165) is 6.07 Å². The van der Waals surface area contributed by atoms with Gasteiger partial charge in [0.25, 0.3) is 5.91 Å². The van der Waals surface area contributed by atoms with Crippen molar-refractivity contribution in [1.82, 2.24) is 5.43 Å². The topological polar surface area (TPSA) is 95.6 Å². The summed E-state index contributed by atoms with van der Waals surface area (Å²) in [5, 5.41) is 17.9. The monoisotopic (exact) mass is 168 g/mol. The molecule has 0 saturated heterocycles. The Labute approximate surface area is 68.4 Å². The van der Waals surface area contributed by atoms with Gasteiger partial charge in [0.1, 0.15) is 11.5 Å². The van der Waals surface area contributed by atoms with Gasteiger partial charge in [0.15, 0.2) is 0 Å². The van der Waals surface area contributed by atoms with Gasteiger partial charge in [-0.1, -0.05) is 0 Å². The molecular formula is C7H8N2O3. The van der Waals surface area contributed by atoms with E-state index in [-0.39, 0.29) is 17.1 Å². The van der Waals surface area contributed by atoms with E-state index in [1.165, 1.54) is 12.1 Å². The lowest BCUT2D eigenvalue weighted by Gasteiger charge is -2.00. The molecule has 0 aliphatic heterocycles. The summed E-state index contributed by atoms with van der Waals surface area (Å²) in [7, 11) is 0. The van der Waals surface area contributed by atoms with Crippen LogP contribution in [-0.2, 0) is 0 Å². The van der Waals surface area contributed by atoms with Crippen molar-refractivity contribution >= 4 is 5.91 Å². The molecule has 0 radical (unpaired) electrons. The van der Waals surface area contributed by atoms with Crippen LogP contribution < -0.4 is 11.3 Å². The first-order valence-corrected chi connectivity index (χ1v) is 3.17. The Hall–Kier alpha value is -1.75. The molecule has 5 nitrogen and oxygen atoms in total. The maximum absolute atomic E-state index is 10.9. The van der Waals surface area contributed by atoms with Crippen molar-refractivity contribution in [3.63, 3.8) is 0 Å². The molecule has 5 heteroatoms. The zero-order chi connectivity index (χ0) is 9.14. The summed E-state index contributed by atoms with van der Waals surface area (Å²) >= 11 is 0. The summed E-state index contributed by atoms with van der Waals surface area (Å²) in [5.41, 5.74) is 1.98. The third-order valence-electron chi connectivity index (χ3n) is 1.30. The Morgan fingerprint density at radius 2 is 1.75 bits per heavy atom. The Kier molecular flexibility index (Phi) is 2.16. The molecule has 1 rings (SSSR count). The zero-order valence-electron chi connectivity index (χ0n) is 6.11. The summed E-state index contributed by atoms with van der Waals surface area (Å²) in [6, 6.07) is 3.51. The average molecular weight is 168 g/mol. The molecule has 1 aromatic rings. The molecule has 64 valence electrons. The quantitative estimate of drug-likeness (QED) is 0.263. The molecule has 0 aliphatic carbocycles. The van der Waals surface area contributed by atoms with Crippen LogP contribution in [0.4, 0.5) is 0 Å². The molecule has 0 bridgehead atoms. The van der Waals surface area contributed by atoms with Gasteiger partial charge in [0.2, 0.25) is 0 Å². The lowest BCUT2D eigenvalue weighted by atomic mass is 10.2. The van der Waals surface area contributed by atoms with Crippen molar-refractivity contribution < 1.29 is 15.0 Å². The molecule has 0 atom stereocenters. The molecule has 0 saturated carbocycles. The van der Waals surface area contributed by atoms with E-state index in [4.69, 9.17) is 16.1 Å². The number of carbonyl (C=O) groups excluding carboxylic acids is 1. The first kappa shape index (κ1) is 8.35. The maximum Gasteiger partial charge on any atom is 0.265 e. The van der Waals surface area contributed by atoms with Gasteiger partial charge in [0.05, 0.1) is 0 Å². The van der Waals surface area contributed by atoms with Gasteiger partial charge < -0.3 is 10.2 Å². The fourth-order valence-electron chi connectivity index (χ4n) is 0.810. The molecule has 0 spiro atoms. The summed E-state index contributed by atoms with van der Waals surface area (Å²) < 4.78 is 0. The van der Waals surface area contributed by atoms with Crippen LogP contribution in [-0.4, -0.2) is 16.1 Å². The van der Waals surface area contributed by atoms with Crippen LogP contribution in [0.3, 0.4) is 0 Å². The maximum atomic E-state index is 10.9. The van der Waals surface area contributed by atoms with Gasteiger partial charge in [0, 0.05) is 11.6 Å². The lowest BCUT2D eigenvalue weighted by Crippen LogP contribution is -2.29. The van der Waals surface area contributed by atoms with Gasteiger partial charge in [-0.15, -0.1) is 0 Å². The van der Waals surface area contributed by atoms with E-state index in [9.17, 15) is 4.79 Å². The number of phenols is 2. The van der Waals surface area contributed by atoms with Crippen LogP contribution >= 0.6 is 0 Å². The number of rotatable bonds is 1. The van der Waals surface area contributed by atoms with Crippen molar-refractivity contribution in [2.75, 3.05) is 0 Å². The Morgan fingerprint density at radius 3 is 2.17 bits per heavy atom. The second-order valence-corrected chi connectivity index (χ2v) is 2.21. The van der Waals surface area contributed by atoms with Gasteiger partial charge in [-0.05, 0) is 12.1 Å². The number of benzene rings is 1. The lowest BCUT2D eigenvalue weighted by molar-refractivity contribution is 0.0953. The van der Waals surface area contributed by atoms with Crippen molar-refractivity contribution in [3.05, 3.63) is 23.8 Å². The second-order valence-electron chi connectivity index (χ2n) is 2.21. The molecule has 1 amide bonds. The van der Waals surface area contributed by atoms with Crippen LogP contribution in [0.1, 0.15) is 10.4 Å². The normalized spacial score (nSPS) is 9.42. The number of aromatic hydroxyl groups is 2. The van der Waals surface area contributed by atoms with Crippen LogP contribution in [0.15, 0.2) is 18.2 Å². The summed E-state index contributed by atoms with van der Waals surface area (Å²) in [6.45, 7) is 0. The van der Waals surface area contributed by atoms with Crippen molar-refractivity contribution in [3.8, 4) is 11.5 Å². The van der Waals surface area contributed by atoms with E-state index in [0.29, 0.717) is 0 Å². The summed E-state index contributed by atoms with van der Waals surface area (Å²) in [5.74, 6) is 3.90. The number of nitrogens with two attached hydrogens (primary N) is 1. The first-order chi connectivity index (χ1) is 5.63. The molecule has 0 unspecified atom stereocenters. The molecule has 0 fully saturated rings. The molecule has 5 N–H and O–H groups in total. The van der Waals surface area contributed by atoms with Crippen LogP contribution in [0.5, 0.6) is 11.5 Å². The predicted octanol–water partition coefficient (Wildman–Crippen LogP) is -0.299. The number of hydrogen-bond acceptors (Lipinski definition) is 4. The minimum atomic E-state index is -0.568. The third kappa shape index (κ3) is 1.64. The molecule has 0 aliphatic rings. The van der Waals surface area contributed by atoms with Crippen molar-refractivity contribution in [2.45, 2.75) is 0 Å². The first-order valence-electron chi connectivity index (χ1n) is 3.17. The highest BCUT2D eigenvalue weighted by molar-refractivity contribution is 5.94. The van der Waals surface area contributed by atoms with Crippen LogP contribution in [0.25, 0.3) is 0 Å². The minimum Gasteiger partial charge on any atom is -0.508 e. The number of nitrogens with one attached hydrogen (secondary N) is 1. The fraction of sp³-hybridized carbons (Fsp3) is 0. The number of amides is 1. The largest absolute Gasteiger partial charge is 0.508 e. The third-order valence-corrected chi connectivity index (χ3v) is 1.30. The standard InChI is InChI=1S/C7H8N2O3/c8-9-7(12)4-1-5(10)3-6(11)2-4/h1-3,10-11H,8H2,(H,9,12). The van der Waals surface area contributed by atoms with E-state index in [2.05, 4.69) is 0 Å². The van der Waals surface area contributed by atoms with Crippen LogP contribution in [0, 0.1) is 0 Å². The van der Waals surface area contributed by atoms with Crippen molar-refractivity contribution in [1.29, 1.82) is 0 Å². The predicted molar refractivity (Wildman–Crippen MR) is 41.4 cm³/mol. The number of phenolic OH excluding ortho intramolecular Hbond substituents is 2. The molecule has 12 heavy (non-hydrogen) atoms. The van der Waals surface area contributed by atoms with E-state index in [1.807, 2.05) is 5.43 Å². The Morgan fingerprint density at radius 1 is 1.25 bits per heavy atom. The van der Waals surface area contributed by atoms with Gasteiger partial charge in [-0.3, -0.25) is 10.2 Å². The zero-order valence-corrected chi connectivity index (χ0v) is 6.11. The van der Waals surface area contributed by atoms with Gasteiger partial charge in [-0.25, -0.2) is 5.84 Å². The van der Waals surface area contributed by atoms with E-state index in [1.54, 1.807) is 0 Å². The highest BCUT2D eigenvalue weighted by Gasteiger charge is 2.05. The number of nitrogen functional groups attached to an aromatic ring is 1. The Bertz CT molecular complexity index is 291. The van der Waals surface area contributed by atoms with Gasteiger partial charge in [-0.2, -0.15) is 0 Å². The van der Waals surface area contributed by atoms with E-state index < -0.39 is 5.91 Å². The fourth-order valence-corrected chi connectivity index (χ4v) is 0.810.